The van der Waals surface area contributed by atoms with Gasteiger partial charge in [0.25, 0.3) is 0 Å². The topological polar surface area (TPSA) is 74.5 Å². The zero-order chi connectivity index (χ0) is 15.6. The van der Waals surface area contributed by atoms with Crippen molar-refractivity contribution in [2.45, 2.75) is 50.6 Å². The van der Waals surface area contributed by atoms with E-state index in [2.05, 4.69) is 20.4 Å². The Balaban J connectivity index is 1.30. The second kappa shape index (κ2) is 6.57. The second-order valence-electron chi connectivity index (χ2n) is 6.93. The molecule has 4 rings (SSSR count). The Labute approximate surface area is 136 Å². The lowest BCUT2D eigenvalue weighted by Crippen LogP contribution is -2.45. The summed E-state index contributed by atoms with van der Waals surface area (Å²) < 4.78 is 5.33. The van der Waals surface area contributed by atoms with E-state index in [-0.39, 0.29) is 11.9 Å². The number of carbonyl (C=O) groups excluding carboxylic acids is 1. The Hall–Kier alpha value is -1.47. The SMILES string of the molecule is O=C(C1CCCN1)N1CCCN(Cc2noc(C3CC3)n2)CC1. The van der Waals surface area contributed by atoms with Crippen LogP contribution in [0.5, 0.6) is 0 Å². The van der Waals surface area contributed by atoms with Crippen LogP contribution in [0.3, 0.4) is 0 Å². The zero-order valence-electron chi connectivity index (χ0n) is 13.5. The van der Waals surface area contributed by atoms with Gasteiger partial charge in [0.05, 0.1) is 12.6 Å². The summed E-state index contributed by atoms with van der Waals surface area (Å²) in [5, 5.41) is 7.41. The molecule has 1 aromatic heterocycles. The lowest BCUT2D eigenvalue weighted by atomic mass is 10.2. The van der Waals surface area contributed by atoms with Crippen LogP contribution in [0.25, 0.3) is 0 Å². The van der Waals surface area contributed by atoms with Crippen molar-refractivity contribution < 1.29 is 9.32 Å². The second-order valence-corrected chi connectivity index (χ2v) is 6.93. The van der Waals surface area contributed by atoms with E-state index in [0.29, 0.717) is 5.92 Å². The van der Waals surface area contributed by atoms with Crippen LogP contribution < -0.4 is 5.32 Å². The fourth-order valence-corrected chi connectivity index (χ4v) is 3.49. The molecule has 1 aliphatic carbocycles. The summed E-state index contributed by atoms with van der Waals surface area (Å²) in [4.78, 5) is 21.4. The van der Waals surface area contributed by atoms with E-state index in [4.69, 9.17) is 4.52 Å². The smallest absolute Gasteiger partial charge is 0.239 e. The maximum absolute atomic E-state index is 12.5. The van der Waals surface area contributed by atoms with Gasteiger partial charge >= 0.3 is 0 Å². The Morgan fingerprint density at radius 3 is 2.87 bits per heavy atom. The molecule has 1 unspecified atom stereocenters. The highest BCUT2D eigenvalue weighted by atomic mass is 16.5. The summed E-state index contributed by atoms with van der Waals surface area (Å²) in [6, 6.07) is 0.0415. The predicted octanol–water partition coefficient (Wildman–Crippen LogP) is 0.733. The van der Waals surface area contributed by atoms with E-state index in [9.17, 15) is 4.79 Å². The molecule has 0 radical (unpaired) electrons. The van der Waals surface area contributed by atoms with Gasteiger partial charge in [0.15, 0.2) is 5.82 Å². The molecule has 1 atom stereocenters. The van der Waals surface area contributed by atoms with E-state index >= 15 is 0 Å². The maximum atomic E-state index is 12.5. The van der Waals surface area contributed by atoms with Crippen molar-refractivity contribution >= 4 is 5.91 Å². The first-order chi connectivity index (χ1) is 11.3. The molecule has 7 heteroatoms. The first-order valence-corrected chi connectivity index (χ1v) is 8.86. The quantitative estimate of drug-likeness (QED) is 0.882. The zero-order valence-corrected chi connectivity index (χ0v) is 13.5. The molecule has 0 aromatic carbocycles. The van der Waals surface area contributed by atoms with Crippen LogP contribution >= 0.6 is 0 Å². The van der Waals surface area contributed by atoms with Crippen molar-refractivity contribution in [3.63, 3.8) is 0 Å². The summed E-state index contributed by atoms with van der Waals surface area (Å²) in [7, 11) is 0. The van der Waals surface area contributed by atoms with Gasteiger partial charge in [-0.1, -0.05) is 5.16 Å². The van der Waals surface area contributed by atoms with Crippen molar-refractivity contribution in [1.29, 1.82) is 0 Å². The van der Waals surface area contributed by atoms with Crippen LogP contribution in [0.15, 0.2) is 4.52 Å². The number of rotatable bonds is 4. The Morgan fingerprint density at radius 1 is 1.17 bits per heavy atom. The highest BCUT2D eigenvalue weighted by Crippen LogP contribution is 2.38. The molecule has 1 amide bonds. The van der Waals surface area contributed by atoms with Gasteiger partial charge in [-0.05, 0) is 38.6 Å². The van der Waals surface area contributed by atoms with E-state index in [1.807, 2.05) is 4.90 Å². The lowest BCUT2D eigenvalue weighted by Gasteiger charge is -2.24. The average molecular weight is 319 g/mol. The summed E-state index contributed by atoms with van der Waals surface area (Å²) in [6.07, 6.45) is 5.45. The Kier molecular flexibility index (Phi) is 4.31. The van der Waals surface area contributed by atoms with Crippen LogP contribution in [0, 0.1) is 0 Å². The molecule has 0 spiro atoms. The molecule has 1 saturated carbocycles. The van der Waals surface area contributed by atoms with E-state index in [1.54, 1.807) is 0 Å². The molecule has 1 aromatic rings. The van der Waals surface area contributed by atoms with Crippen LogP contribution in [0.2, 0.25) is 0 Å². The third kappa shape index (κ3) is 3.55. The predicted molar refractivity (Wildman–Crippen MR) is 83.8 cm³/mol. The van der Waals surface area contributed by atoms with Gasteiger partial charge in [-0.3, -0.25) is 9.69 Å². The molecule has 3 aliphatic rings. The lowest BCUT2D eigenvalue weighted by molar-refractivity contribution is -0.132. The summed E-state index contributed by atoms with van der Waals surface area (Å²) >= 11 is 0. The van der Waals surface area contributed by atoms with E-state index in [0.717, 1.165) is 70.2 Å². The van der Waals surface area contributed by atoms with Gasteiger partial charge in [0.2, 0.25) is 11.8 Å². The van der Waals surface area contributed by atoms with Gasteiger partial charge in [-0.15, -0.1) is 0 Å². The molecule has 2 aliphatic heterocycles. The standard InChI is InChI=1S/C16H25N5O2/c22-16(13-3-1-6-17-13)21-8-2-7-20(9-10-21)11-14-18-15(23-19-14)12-4-5-12/h12-13,17H,1-11H2. The molecule has 23 heavy (non-hydrogen) atoms. The number of nitrogens with zero attached hydrogens (tertiary/aromatic N) is 4. The third-order valence-corrected chi connectivity index (χ3v) is 5.03. The minimum absolute atomic E-state index is 0.0415. The van der Waals surface area contributed by atoms with Crippen molar-refractivity contribution in [2.75, 3.05) is 32.7 Å². The molecule has 1 N–H and O–H groups in total. The van der Waals surface area contributed by atoms with Gasteiger partial charge < -0.3 is 14.7 Å². The minimum atomic E-state index is 0.0415. The van der Waals surface area contributed by atoms with Gasteiger partial charge in [-0.2, -0.15) is 4.98 Å². The fourth-order valence-electron chi connectivity index (χ4n) is 3.49. The van der Waals surface area contributed by atoms with Crippen LogP contribution in [0.1, 0.15) is 49.7 Å². The first kappa shape index (κ1) is 15.1. The molecule has 126 valence electrons. The Morgan fingerprint density at radius 2 is 2.09 bits per heavy atom. The van der Waals surface area contributed by atoms with Crippen molar-refractivity contribution in [2.24, 2.45) is 0 Å². The average Bonchev–Trinajstić information content (AvgIpc) is 3.14. The largest absolute Gasteiger partial charge is 0.340 e. The fraction of sp³-hybridized carbons (Fsp3) is 0.812. The third-order valence-electron chi connectivity index (χ3n) is 5.03. The highest BCUT2D eigenvalue weighted by Gasteiger charge is 2.30. The molecule has 7 nitrogen and oxygen atoms in total. The van der Waals surface area contributed by atoms with Crippen molar-refractivity contribution in [3.05, 3.63) is 11.7 Å². The number of nitrogens with one attached hydrogen (secondary N) is 1. The maximum Gasteiger partial charge on any atom is 0.239 e. The van der Waals surface area contributed by atoms with Crippen LogP contribution in [-0.4, -0.2) is 64.6 Å². The molecular weight excluding hydrogens is 294 g/mol. The summed E-state index contributed by atoms with van der Waals surface area (Å²) in [5.41, 5.74) is 0. The van der Waals surface area contributed by atoms with Gasteiger partial charge in [0.1, 0.15) is 0 Å². The molecule has 3 heterocycles. The summed E-state index contributed by atoms with van der Waals surface area (Å²) in [6.45, 7) is 5.20. The number of hydrogen-bond donors (Lipinski definition) is 1. The highest BCUT2D eigenvalue weighted by molar-refractivity contribution is 5.82. The van der Waals surface area contributed by atoms with Crippen LogP contribution in [0.4, 0.5) is 0 Å². The molecular formula is C16H25N5O2. The van der Waals surface area contributed by atoms with Crippen molar-refractivity contribution in [3.8, 4) is 0 Å². The number of amides is 1. The normalized spacial score (nSPS) is 26.4. The van der Waals surface area contributed by atoms with Gasteiger partial charge in [0, 0.05) is 32.1 Å². The number of hydrogen-bond acceptors (Lipinski definition) is 6. The molecule has 3 fully saturated rings. The van der Waals surface area contributed by atoms with Crippen LogP contribution in [-0.2, 0) is 11.3 Å². The van der Waals surface area contributed by atoms with E-state index < -0.39 is 0 Å². The summed E-state index contributed by atoms with van der Waals surface area (Å²) in [5.74, 6) is 2.37. The number of aromatic nitrogens is 2. The van der Waals surface area contributed by atoms with Gasteiger partial charge in [-0.25, -0.2) is 0 Å². The minimum Gasteiger partial charge on any atom is -0.340 e. The Bertz CT molecular complexity index is 550. The van der Waals surface area contributed by atoms with E-state index in [1.165, 1.54) is 12.8 Å². The van der Waals surface area contributed by atoms with Crippen molar-refractivity contribution in [1.82, 2.24) is 25.3 Å². The molecule has 0 bridgehead atoms. The monoisotopic (exact) mass is 319 g/mol. The number of carbonyl (C=O) groups is 1. The molecule has 2 saturated heterocycles. The first-order valence-electron chi connectivity index (χ1n) is 8.86.